The molecule has 1 saturated heterocycles. The summed E-state index contributed by atoms with van der Waals surface area (Å²) in [5.74, 6) is 0.190. The highest BCUT2D eigenvalue weighted by atomic mass is 19.1. The number of ether oxygens (including phenoxy) is 1. The largest absolute Gasteiger partial charge is 0.493 e. The highest BCUT2D eigenvalue weighted by Crippen LogP contribution is 2.32. The molecule has 0 bridgehead atoms. The average Bonchev–Trinajstić information content (AvgIpc) is 3.37. The molecule has 0 unspecified atom stereocenters. The van der Waals surface area contributed by atoms with E-state index in [0.29, 0.717) is 24.3 Å². The molecule has 1 aliphatic heterocycles. The van der Waals surface area contributed by atoms with Crippen LogP contribution in [0.4, 0.5) is 4.39 Å². The number of likely N-dealkylation sites (tertiary alicyclic amines) is 1. The van der Waals surface area contributed by atoms with Crippen LogP contribution < -0.4 is 4.74 Å². The smallest absolute Gasteiger partial charge is 0.254 e. The van der Waals surface area contributed by atoms with E-state index in [2.05, 4.69) is 15.2 Å². The maximum atomic E-state index is 13.2. The van der Waals surface area contributed by atoms with Crippen molar-refractivity contribution in [2.24, 2.45) is 0 Å². The predicted octanol–water partition coefficient (Wildman–Crippen LogP) is 3.54. The molecule has 1 fully saturated rings. The number of benzene rings is 1. The lowest BCUT2D eigenvalue weighted by Crippen LogP contribution is -2.30. The van der Waals surface area contributed by atoms with Crippen LogP contribution in [0.3, 0.4) is 0 Å². The molecule has 1 amide bonds. The molecule has 144 valence electrons. The van der Waals surface area contributed by atoms with E-state index in [1.54, 1.807) is 36.7 Å². The number of aromatic amines is 1. The van der Waals surface area contributed by atoms with Gasteiger partial charge in [-0.05, 0) is 43.2 Å². The fraction of sp³-hybridized carbons (Fsp3) is 0.286. The molecule has 28 heavy (non-hydrogen) atoms. The second kappa shape index (κ2) is 8.21. The molecule has 3 aromatic rings. The SMILES string of the molecule is O=C(c1ccncc1)N1CCC[C@H]1c1cc(CCOc2cccc(F)c2)[nH]n1. The predicted molar refractivity (Wildman–Crippen MR) is 101 cm³/mol. The van der Waals surface area contributed by atoms with E-state index in [1.165, 1.54) is 12.1 Å². The lowest BCUT2D eigenvalue weighted by molar-refractivity contribution is 0.0732. The maximum absolute atomic E-state index is 13.2. The average molecular weight is 380 g/mol. The minimum absolute atomic E-state index is 0.00360. The minimum Gasteiger partial charge on any atom is -0.493 e. The zero-order valence-corrected chi connectivity index (χ0v) is 15.3. The third-order valence-corrected chi connectivity index (χ3v) is 4.87. The number of nitrogens with zero attached hydrogens (tertiary/aromatic N) is 3. The highest BCUT2D eigenvalue weighted by Gasteiger charge is 2.32. The van der Waals surface area contributed by atoms with Crippen molar-refractivity contribution in [2.75, 3.05) is 13.2 Å². The number of rotatable bonds is 6. The third-order valence-electron chi connectivity index (χ3n) is 4.87. The number of hydrogen-bond donors (Lipinski definition) is 1. The molecule has 1 N–H and O–H groups in total. The fourth-order valence-electron chi connectivity index (χ4n) is 3.49. The molecule has 1 aliphatic rings. The van der Waals surface area contributed by atoms with Crippen molar-refractivity contribution in [1.82, 2.24) is 20.1 Å². The number of amides is 1. The highest BCUT2D eigenvalue weighted by molar-refractivity contribution is 5.94. The fourth-order valence-corrected chi connectivity index (χ4v) is 3.49. The van der Waals surface area contributed by atoms with Crippen LogP contribution in [-0.4, -0.2) is 39.1 Å². The van der Waals surface area contributed by atoms with Crippen LogP contribution in [0.2, 0.25) is 0 Å². The molecule has 0 aliphatic carbocycles. The Morgan fingerprint density at radius 2 is 2.11 bits per heavy atom. The van der Waals surface area contributed by atoms with E-state index in [4.69, 9.17) is 4.74 Å². The summed E-state index contributed by atoms with van der Waals surface area (Å²) in [5.41, 5.74) is 2.43. The van der Waals surface area contributed by atoms with Gasteiger partial charge in [-0.25, -0.2) is 4.39 Å². The molecule has 0 radical (unpaired) electrons. The van der Waals surface area contributed by atoms with Gasteiger partial charge in [-0.3, -0.25) is 14.9 Å². The maximum Gasteiger partial charge on any atom is 0.254 e. The van der Waals surface area contributed by atoms with Crippen molar-refractivity contribution < 1.29 is 13.9 Å². The number of hydrogen-bond acceptors (Lipinski definition) is 4. The van der Waals surface area contributed by atoms with Crippen molar-refractivity contribution in [1.29, 1.82) is 0 Å². The summed E-state index contributed by atoms with van der Waals surface area (Å²) in [6.45, 7) is 1.13. The van der Waals surface area contributed by atoms with Gasteiger partial charge >= 0.3 is 0 Å². The Bertz CT molecular complexity index is 944. The quantitative estimate of drug-likeness (QED) is 0.710. The number of pyridine rings is 1. The number of halogens is 1. The van der Waals surface area contributed by atoms with Gasteiger partial charge in [0, 0.05) is 42.7 Å². The second-order valence-corrected chi connectivity index (χ2v) is 6.77. The van der Waals surface area contributed by atoms with Gasteiger partial charge in [-0.2, -0.15) is 5.10 Å². The van der Waals surface area contributed by atoms with E-state index in [-0.39, 0.29) is 17.8 Å². The first kappa shape index (κ1) is 18.2. The van der Waals surface area contributed by atoms with Gasteiger partial charge in [-0.1, -0.05) is 6.07 Å². The van der Waals surface area contributed by atoms with Crippen molar-refractivity contribution in [3.05, 3.63) is 77.6 Å². The molecule has 1 atom stereocenters. The molecular weight excluding hydrogens is 359 g/mol. The summed E-state index contributed by atoms with van der Waals surface area (Å²) in [5, 5.41) is 7.44. The van der Waals surface area contributed by atoms with Crippen LogP contribution in [0.25, 0.3) is 0 Å². The first-order valence-electron chi connectivity index (χ1n) is 9.34. The van der Waals surface area contributed by atoms with Crippen molar-refractivity contribution in [3.63, 3.8) is 0 Å². The van der Waals surface area contributed by atoms with Crippen LogP contribution in [0.15, 0.2) is 54.9 Å². The van der Waals surface area contributed by atoms with Gasteiger partial charge in [0.1, 0.15) is 11.6 Å². The minimum atomic E-state index is -0.318. The Balaban J connectivity index is 1.38. The summed E-state index contributed by atoms with van der Waals surface area (Å²) < 4.78 is 18.8. The lowest BCUT2D eigenvalue weighted by Gasteiger charge is -2.23. The Labute approximate surface area is 162 Å². The van der Waals surface area contributed by atoms with Gasteiger partial charge in [0.2, 0.25) is 0 Å². The topological polar surface area (TPSA) is 71.1 Å². The van der Waals surface area contributed by atoms with E-state index >= 15 is 0 Å². The number of carbonyl (C=O) groups is 1. The third kappa shape index (κ3) is 4.03. The molecule has 7 heteroatoms. The van der Waals surface area contributed by atoms with Crippen LogP contribution in [0.5, 0.6) is 5.75 Å². The van der Waals surface area contributed by atoms with Crippen LogP contribution in [-0.2, 0) is 6.42 Å². The molecule has 1 aromatic carbocycles. The molecule has 2 aromatic heterocycles. The van der Waals surface area contributed by atoms with E-state index < -0.39 is 0 Å². The molecule has 6 nitrogen and oxygen atoms in total. The number of H-pyrrole nitrogens is 1. The molecular formula is C21H21FN4O2. The Kier molecular flexibility index (Phi) is 5.32. The van der Waals surface area contributed by atoms with Gasteiger partial charge in [-0.15, -0.1) is 0 Å². The van der Waals surface area contributed by atoms with E-state index in [1.807, 2.05) is 11.0 Å². The van der Waals surface area contributed by atoms with Gasteiger partial charge < -0.3 is 9.64 Å². The monoisotopic (exact) mass is 380 g/mol. The summed E-state index contributed by atoms with van der Waals surface area (Å²) in [6.07, 6.45) is 5.72. The molecule has 4 rings (SSSR count). The van der Waals surface area contributed by atoms with Crippen LogP contribution in [0, 0.1) is 5.82 Å². The van der Waals surface area contributed by atoms with Gasteiger partial charge in [0.25, 0.3) is 5.91 Å². The summed E-state index contributed by atoms with van der Waals surface area (Å²) >= 11 is 0. The van der Waals surface area contributed by atoms with Crippen molar-refractivity contribution >= 4 is 5.91 Å². The summed E-state index contributed by atoms with van der Waals surface area (Å²) in [6, 6.07) is 11.5. The number of nitrogens with one attached hydrogen (secondary N) is 1. The standard InChI is InChI=1S/C21H21FN4O2/c22-16-3-1-4-18(13-16)28-12-8-17-14-19(25-24-17)20-5-2-11-26(20)21(27)15-6-9-23-10-7-15/h1,3-4,6-7,9-10,13-14,20H,2,5,8,11-12H2,(H,24,25)/t20-/m0/s1. The van der Waals surface area contributed by atoms with Crippen LogP contribution >= 0.6 is 0 Å². The lowest BCUT2D eigenvalue weighted by atomic mass is 10.1. The molecule has 0 spiro atoms. The first-order valence-corrected chi connectivity index (χ1v) is 9.34. The number of carbonyl (C=O) groups excluding carboxylic acids is 1. The Morgan fingerprint density at radius 3 is 2.93 bits per heavy atom. The summed E-state index contributed by atoms with van der Waals surface area (Å²) in [4.78, 5) is 18.6. The number of aromatic nitrogens is 3. The Morgan fingerprint density at radius 1 is 1.25 bits per heavy atom. The first-order chi connectivity index (χ1) is 13.7. The molecule has 3 heterocycles. The normalized spacial score (nSPS) is 16.3. The van der Waals surface area contributed by atoms with Crippen molar-refractivity contribution in [3.8, 4) is 5.75 Å². The van der Waals surface area contributed by atoms with Crippen LogP contribution in [0.1, 0.15) is 40.6 Å². The Hall–Kier alpha value is -3.22. The van der Waals surface area contributed by atoms with E-state index in [0.717, 1.165) is 30.8 Å². The zero-order valence-electron chi connectivity index (χ0n) is 15.3. The zero-order chi connectivity index (χ0) is 19.3. The summed E-state index contributed by atoms with van der Waals surface area (Å²) in [7, 11) is 0. The van der Waals surface area contributed by atoms with Crippen molar-refractivity contribution in [2.45, 2.75) is 25.3 Å². The van der Waals surface area contributed by atoms with E-state index in [9.17, 15) is 9.18 Å². The molecule has 0 saturated carbocycles. The van der Waals surface area contributed by atoms with Gasteiger partial charge in [0.05, 0.1) is 18.3 Å². The van der Waals surface area contributed by atoms with Gasteiger partial charge in [0.15, 0.2) is 0 Å². The second-order valence-electron chi connectivity index (χ2n) is 6.77.